The SMILES string of the molecule is CC(C)(C)OC(=O)N1C[C@@H]2C[C@H]1CN2c1cc(-n2nc(Nc3cnccn3)c3ccc(C(=O)O)cc32)ccn1. The number of carbonyl (C=O) groups excluding carboxylic acids is 1. The van der Waals surface area contributed by atoms with Crippen molar-refractivity contribution in [3.05, 3.63) is 60.7 Å². The van der Waals surface area contributed by atoms with Crippen LogP contribution in [-0.2, 0) is 4.74 Å². The molecular formula is C27H28N8O4. The molecule has 12 heteroatoms. The van der Waals surface area contributed by atoms with Crippen LogP contribution in [0.25, 0.3) is 16.6 Å². The summed E-state index contributed by atoms with van der Waals surface area (Å²) in [7, 11) is 0. The van der Waals surface area contributed by atoms with Gasteiger partial charge in [-0.2, -0.15) is 0 Å². The molecule has 1 amide bonds. The van der Waals surface area contributed by atoms with Crippen molar-refractivity contribution in [1.29, 1.82) is 0 Å². The number of aromatic carboxylic acids is 1. The summed E-state index contributed by atoms with van der Waals surface area (Å²) >= 11 is 0. The first-order chi connectivity index (χ1) is 18.7. The largest absolute Gasteiger partial charge is 0.478 e. The Morgan fingerprint density at radius 3 is 2.59 bits per heavy atom. The van der Waals surface area contributed by atoms with E-state index in [1.54, 1.807) is 47.7 Å². The highest BCUT2D eigenvalue weighted by molar-refractivity contribution is 5.98. The average Bonchev–Trinajstić information content (AvgIpc) is 3.61. The number of likely N-dealkylation sites (tertiary alicyclic amines) is 1. The molecule has 2 atom stereocenters. The minimum Gasteiger partial charge on any atom is -0.478 e. The van der Waals surface area contributed by atoms with Gasteiger partial charge < -0.3 is 25.0 Å². The van der Waals surface area contributed by atoms with E-state index in [4.69, 9.17) is 9.84 Å². The lowest BCUT2D eigenvalue weighted by Gasteiger charge is -2.35. The average molecular weight is 529 g/mol. The van der Waals surface area contributed by atoms with E-state index in [0.717, 1.165) is 23.3 Å². The Balaban J connectivity index is 1.31. The number of hydrogen-bond acceptors (Lipinski definition) is 9. The summed E-state index contributed by atoms with van der Waals surface area (Å²) in [6.07, 6.45) is 7.03. The Morgan fingerprint density at radius 2 is 1.90 bits per heavy atom. The first-order valence-electron chi connectivity index (χ1n) is 12.7. The highest BCUT2D eigenvalue weighted by Crippen LogP contribution is 2.36. The van der Waals surface area contributed by atoms with Crippen molar-refractivity contribution in [2.24, 2.45) is 0 Å². The Kier molecular flexibility index (Phi) is 5.82. The van der Waals surface area contributed by atoms with Crippen molar-refractivity contribution in [1.82, 2.24) is 29.6 Å². The molecule has 2 saturated heterocycles. The Hall–Kier alpha value is -4.74. The number of ether oxygens (including phenoxy) is 1. The minimum absolute atomic E-state index is 0.0572. The molecule has 12 nitrogen and oxygen atoms in total. The van der Waals surface area contributed by atoms with E-state index in [2.05, 4.69) is 25.2 Å². The quantitative estimate of drug-likeness (QED) is 0.393. The van der Waals surface area contributed by atoms with E-state index in [1.165, 1.54) is 0 Å². The molecule has 6 rings (SSSR count). The predicted molar refractivity (Wildman–Crippen MR) is 144 cm³/mol. The molecule has 2 fully saturated rings. The highest BCUT2D eigenvalue weighted by atomic mass is 16.6. The van der Waals surface area contributed by atoms with Crippen LogP contribution in [0.2, 0.25) is 0 Å². The third kappa shape index (κ3) is 4.69. The molecule has 4 aromatic rings. The normalized spacial score (nSPS) is 18.5. The van der Waals surface area contributed by atoms with Gasteiger partial charge in [0.2, 0.25) is 0 Å². The third-order valence-corrected chi connectivity index (χ3v) is 6.87. The molecule has 200 valence electrons. The zero-order valence-electron chi connectivity index (χ0n) is 21.8. The van der Waals surface area contributed by atoms with E-state index in [0.29, 0.717) is 30.2 Å². The number of pyridine rings is 1. The Bertz CT molecular complexity index is 1570. The van der Waals surface area contributed by atoms with Crippen LogP contribution in [0.1, 0.15) is 37.6 Å². The highest BCUT2D eigenvalue weighted by Gasteiger charge is 2.47. The van der Waals surface area contributed by atoms with E-state index >= 15 is 0 Å². The third-order valence-electron chi connectivity index (χ3n) is 6.87. The summed E-state index contributed by atoms with van der Waals surface area (Å²) in [6, 6.07) is 8.83. The number of piperazine rings is 1. The lowest BCUT2D eigenvalue weighted by Crippen LogP contribution is -2.50. The van der Waals surface area contributed by atoms with Gasteiger partial charge in [-0.25, -0.2) is 24.2 Å². The van der Waals surface area contributed by atoms with Crippen LogP contribution in [0, 0.1) is 0 Å². The molecule has 0 aliphatic carbocycles. The summed E-state index contributed by atoms with van der Waals surface area (Å²) in [6.45, 7) is 6.84. The van der Waals surface area contributed by atoms with Crippen molar-refractivity contribution >= 4 is 40.4 Å². The summed E-state index contributed by atoms with van der Waals surface area (Å²) < 4.78 is 7.29. The summed E-state index contributed by atoms with van der Waals surface area (Å²) in [5, 5.41) is 18.3. The molecule has 2 N–H and O–H groups in total. The molecule has 0 radical (unpaired) electrons. The molecule has 0 unspecified atom stereocenters. The van der Waals surface area contributed by atoms with E-state index < -0.39 is 11.6 Å². The van der Waals surface area contributed by atoms with Gasteiger partial charge in [0.15, 0.2) is 5.82 Å². The number of nitrogens with one attached hydrogen (secondary N) is 1. The van der Waals surface area contributed by atoms with E-state index in [9.17, 15) is 14.7 Å². The second-order valence-corrected chi connectivity index (χ2v) is 10.7. The van der Waals surface area contributed by atoms with Gasteiger partial charge in [0.25, 0.3) is 0 Å². The standard InChI is InChI=1S/C27H28N8O4/c1-27(2,3)39-26(38)34-15-18-11-19(34)14-33(18)23-12-17(6-7-30-23)35-21-10-16(25(36)37)4-5-20(21)24(32-35)31-22-13-28-8-9-29-22/h4-10,12-13,18-19H,11,14-15H2,1-3H3,(H,36,37)(H,29,31,32)/t18-,19-/m0/s1. The maximum absolute atomic E-state index is 12.7. The number of rotatable bonds is 5. The van der Waals surface area contributed by atoms with Crippen LogP contribution in [0.4, 0.5) is 22.2 Å². The Labute approximate surface area is 224 Å². The smallest absolute Gasteiger partial charge is 0.410 e. The van der Waals surface area contributed by atoms with Crippen molar-refractivity contribution in [3.8, 4) is 5.69 Å². The number of hydrogen-bond donors (Lipinski definition) is 2. The van der Waals surface area contributed by atoms with Crippen LogP contribution >= 0.6 is 0 Å². The summed E-state index contributed by atoms with van der Waals surface area (Å²) in [4.78, 5) is 41.4. The number of carbonyl (C=O) groups is 2. The van der Waals surface area contributed by atoms with E-state index in [-0.39, 0.29) is 23.7 Å². The van der Waals surface area contributed by atoms with Gasteiger partial charge >= 0.3 is 12.1 Å². The first-order valence-corrected chi connectivity index (χ1v) is 12.7. The Morgan fingerprint density at radius 1 is 1.05 bits per heavy atom. The van der Waals surface area contributed by atoms with Gasteiger partial charge in [0.05, 0.1) is 35.0 Å². The second kappa shape index (κ2) is 9.22. The van der Waals surface area contributed by atoms with Gasteiger partial charge in [0.1, 0.15) is 17.2 Å². The van der Waals surface area contributed by atoms with E-state index in [1.807, 2.05) is 37.8 Å². The summed E-state index contributed by atoms with van der Waals surface area (Å²) in [5.74, 6) is 0.787. The number of nitrogens with zero attached hydrogens (tertiary/aromatic N) is 7. The fraction of sp³-hybridized carbons (Fsp3) is 0.333. The molecule has 1 aromatic carbocycles. The second-order valence-electron chi connectivity index (χ2n) is 10.7. The number of carboxylic acid groups (broad SMARTS) is 1. The van der Waals surface area contributed by atoms with Crippen molar-refractivity contribution < 1.29 is 19.4 Å². The van der Waals surface area contributed by atoms with Crippen molar-refractivity contribution in [2.75, 3.05) is 23.3 Å². The van der Waals surface area contributed by atoms with Gasteiger partial charge in [0, 0.05) is 43.1 Å². The fourth-order valence-electron chi connectivity index (χ4n) is 5.21. The zero-order valence-corrected chi connectivity index (χ0v) is 21.8. The molecule has 5 heterocycles. The summed E-state index contributed by atoms with van der Waals surface area (Å²) in [5.41, 5.74) is 0.967. The predicted octanol–water partition coefficient (Wildman–Crippen LogP) is 3.85. The number of carboxylic acids is 1. The van der Waals surface area contributed by atoms with Crippen molar-refractivity contribution in [2.45, 2.75) is 44.9 Å². The molecule has 39 heavy (non-hydrogen) atoms. The lowest BCUT2D eigenvalue weighted by molar-refractivity contribution is 0.0214. The van der Waals surface area contributed by atoms with Crippen LogP contribution in [0.15, 0.2) is 55.1 Å². The van der Waals surface area contributed by atoms with Crippen LogP contribution in [0.5, 0.6) is 0 Å². The topological polar surface area (TPSA) is 139 Å². The number of fused-ring (bicyclic) bond motifs is 3. The molecule has 2 bridgehead atoms. The number of aromatic nitrogens is 5. The monoisotopic (exact) mass is 528 g/mol. The number of amides is 1. The maximum atomic E-state index is 12.7. The van der Waals surface area contributed by atoms with Crippen LogP contribution in [0.3, 0.4) is 0 Å². The number of anilines is 3. The van der Waals surface area contributed by atoms with Gasteiger partial charge in [-0.05, 0) is 51.5 Å². The maximum Gasteiger partial charge on any atom is 0.410 e. The molecule has 0 spiro atoms. The molecular weight excluding hydrogens is 500 g/mol. The van der Waals surface area contributed by atoms with Gasteiger partial charge in [-0.15, -0.1) is 5.10 Å². The minimum atomic E-state index is -1.02. The van der Waals surface area contributed by atoms with Gasteiger partial charge in [-0.1, -0.05) is 0 Å². The number of benzene rings is 1. The van der Waals surface area contributed by atoms with Crippen LogP contribution in [-0.4, -0.2) is 77.6 Å². The van der Waals surface area contributed by atoms with Crippen molar-refractivity contribution in [3.63, 3.8) is 0 Å². The fourth-order valence-corrected chi connectivity index (χ4v) is 5.21. The van der Waals surface area contributed by atoms with Gasteiger partial charge in [-0.3, -0.25) is 4.98 Å². The first kappa shape index (κ1) is 24.6. The molecule has 0 saturated carbocycles. The molecule has 2 aliphatic rings. The van der Waals surface area contributed by atoms with Crippen LogP contribution < -0.4 is 10.2 Å². The zero-order chi connectivity index (χ0) is 27.3. The lowest BCUT2D eigenvalue weighted by atomic mass is 10.1. The molecule has 3 aromatic heterocycles. The molecule has 2 aliphatic heterocycles.